The summed E-state index contributed by atoms with van der Waals surface area (Å²) in [5.74, 6) is 1.62. The van der Waals surface area contributed by atoms with Gasteiger partial charge in [-0.05, 0) is 60.2 Å². The summed E-state index contributed by atoms with van der Waals surface area (Å²) in [4.78, 5) is 16.6. The summed E-state index contributed by atoms with van der Waals surface area (Å²) < 4.78 is 13.2. The molecule has 0 amide bonds. The second-order valence-corrected chi connectivity index (χ2v) is 8.81. The zero-order valence-electron chi connectivity index (χ0n) is 17.0. The molecule has 0 spiro atoms. The van der Waals surface area contributed by atoms with Gasteiger partial charge >= 0.3 is 0 Å². The Balaban J connectivity index is 1.65. The summed E-state index contributed by atoms with van der Waals surface area (Å²) >= 11 is 0. The molecular weight excluding hydrogens is 366 g/mol. The second-order valence-electron chi connectivity index (χ2n) is 8.81. The zero-order chi connectivity index (χ0) is 20.4. The van der Waals surface area contributed by atoms with E-state index in [0.717, 1.165) is 59.3 Å². The van der Waals surface area contributed by atoms with E-state index >= 15 is 0 Å². The fourth-order valence-corrected chi connectivity index (χ4v) is 5.50. The minimum Gasteiger partial charge on any atom is -0.496 e. The van der Waals surface area contributed by atoms with E-state index in [4.69, 9.17) is 15.2 Å². The van der Waals surface area contributed by atoms with Crippen molar-refractivity contribution in [1.29, 1.82) is 0 Å². The first-order valence-electron chi connectivity index (χ1n) is 9.85. The third-order valence-electron chi connectivity index (χ3n) is 6.64. The van der Waals surface area contributed by atoms with Crippen LogP contribution in [0.15, 0.2) is 41.6 Å². The predicted octanol–water partition coefficient (Wildman–Crippen LogP) is 3.04. The average Bonchev–Trinajstić information content (AvgIpc) is 2.68. The molecule has 29 heavy (non-hydrogen) atoms. The number of benzene rings is 1. The van der Waals surface area contributed by atoms with Gasteiger partial charge in [0.2, 0.25) is 0 Å². The molecule has 1 aromatic carbocycles. The molecule has 150 valence electrons. The topological polar surface area (TPSA) is 79.4 Å². The van der Waals surface area contributed by atoms with E-state index in [0.29, 0.717) is 10.8 Å². The van der Waals surface area contributed by atoms with Crippen molar-refractivity contribution < 1.29 is 9.47 Å². The van der Waals surface area contributed by atoms with Gasteiger partial charge < -0.3 is 19.8 Å². The number of methoxy groups -OCH3 is 2. The fourth-order valence-electron chi connectivity index (χ4n) is 5.50. The Morgan fingerprint density at radius 2 is 1.79 bits per heavy atom. The third-order valence-corrected chi connectivity index (χ3v) is 6.64. The van der Waals surface area contributed by atoms with Crippen molar-refractivity contribution >= 4 is 10.8 Å². The van der Waals surface area contributed by atoms with Crippen LogP contribution in [0, 0.1) is 5.41 Å². The first kappa shape index (κ1) is 18.2. The van der Waals surface area contributed by atoms with Gasteiger partial charge in [-0.2, -0.15) is 0 Å². The highest BCUT2D eigenvalue weighted by molar-refractivity contribution is 5.95. The summed E-state index contributed by atoms with van der Waals surface area (Å²) in [5, 5.41) is 1.46. The monoisotopic (exact) mass is 391 g/mol. The van der Waals surface area contributed by atoms with Crippen LogP contribution >= 0.6 is 0 Å². The summed E-state index contributed by atoms with van der Waals surface area (Å²) in [5.41, 5.74) is 9.54. The summed E-state index contributed by atoms with van der Waals surface area (Å²) in [6.07, 6.45) is 9.33. The van der Waals surface area contributed by atoms with Crippen LogP contribution in [0.1, 0.15) is 24.8 Å². The van der Waals surface area contributed by atoms with E-state index in [1.54, 1.807) is 38.2 Å². The van der Waals surface area contributed by atoms with Gasteiger partial charge in [-0.1, -0.05) is 0 Å². The van der Waals surface area contributed by atoms with Crippen molar-refractivity contribution in [2.24, 2.45) is 18.2 Å². The third kappa shape index (κ3) is 2.66. The Hall–Kier alpha value is -2.86. The van der Waals surface area contributed by atoms with E-state index in [1.165, 1.54) is 0 Å². The normalized spacial score (nSPS) is 24.7. The molecule has 2 N–H and O–H groups in total. The maximum absolute atomic E-state index is 12.5. The van der Waals surface area contributed by atoms with Crippen LogP contribution in [0.25, 0.3) is 21.9 Å². The molecule has 3 aliphatic rings. The number of aromatic nitrogens is 2. The number of fused-ring (bicyclic) bond motifs is 1. The highest BCUT2D eigenvalue weighted by Gasteiger charge is 2.65. The van der Waals surface area contributed by atoms with Gasteiger partial charge in [-0.25, -0.2) is 0 Å². The van der Waals surface area contributed by atoms with E-state index in [-0.39, 0.29) is 11.1 Å². The molecule has 6 rings (SSSR count). The number of hydrogen-bond acceptors (Lipinski definition) is 5. The summed E-state index contributed by atoms with van der Waals surface area (Å²) in [7, 11) is 5.14. The lowest BCUT2D eigenvalue weighted by atomic mass is 9.38. The van der Waals surface area contributed by atoms with Crippen LogP contribution in [0.4, 0.5) is 0 Å². The molecule has 3 aromatic rings. The van der Waals surface area contributed by atoms with Gasteiger partial charge in [0.05, 0.1) is 19.6 Å². The second kappa shape index (κ2) is 6.07. The van der Waals surface area contributed by atoms with Crippen molar-refractivity contribution in [3.8, 4) is 22.6 Å². The van der Waals surface area contributed by atoms with Crippen molar-refractivity contribution in [3.63, 3.8) is 0 Å². The zero-order valence-corrected chi connectivity index (χ0v) is 17.0. The largest absolute Gasteiger partial charge is 0.496 e. The molecule has 6 nitrogen and oxygen atoms in total. The maximum Gasteiger partial charge on any atom is 0.259 e. The van der Waals surface area contributed by atoms with Crippen LogP contribution in [0.2, 0.25) is 0 Å². The van der Waals surface area contributed by atoms with E-state index < -0.39 is 0 Å². The lowest BCUT2D eigenvalue weighted by molar-refractivity contribution is -0.130. The number of pyridine rings is 2. The average molecular weight is 391 g/mol. The number of aryl methyl sites for hydroxylation is 1. The lowest BCUT2D eigenvalue weighted by Gasteiger charge is -2.69. The smallest absolute Gasteiger partial charge is 0.259 e. The minimum absolute atomic E-state index is 0.0632. The molecule has 2 bridgehead atoms. The van der Waals surface area contributed by atoms with Crippen molar-refractivity contribution in [2.45, 2.75) is 31.2 Å². The summed E-state index contributed by atoms with van der Waals surface area (Å²) in [6, 6.07) is 5.96. The van der Waals surface area contributed by atoms with Gasteiger partial charge in [0.15, 0.2) is 0 Å². The van der Waals surface area contributed by atoms with E-state index in [9.17, 15) is 4.79 Å². The van der Waals surface area contributed by atoms with Crippen LogP contribution < -0.4 is 20.8 Å². The molecule has 6 heteroatoms. The first-order valence-corrected chi connectivity index (χ1v) is 9.85. The number of ether oxygens (including phenoxy) is 2. The van der Waals surface area contributed by atoms with Crippen LogP contribution in [0.3, 0.4) is 0 Å². The molecule has 3 fully saturated rings. The molecule has 3 aliphatic carbocycles. The van der Waals surface area contributed by atoms with Gasteiger partial charge in [0.25, 0.3) is 5.56 Å². The molecule has 0 aliphatic heterocycles. The Kier molecular flexibility index (Phi) is 3.80. The lowest BCUT2D eigenvalue weighted by Crippen LogP contribution is -2.72. The SMILES string of the molecule is COc1cc(-c2cn(C)c(=O)c3cnccc23)cc(OC)c1CC12CC(N)(C1)C2. The molecule has 0 saturated heterocycles. The highest BCUT2D eigenvalue weighted by atomic mass is 16.5. The molecule has 0 radical (unpaired) electrons. The minimum atomic E-state index is -0.0632. The van der Waals surface area contributed by atoms with Gasteiger partial charge in [-0.15, -0.1) is 0 Å². The van der Waals surface area contributed by atoms with Crippen LogP contribution in [0.5, 0.6) is 11.5 Å². The number of hydrogen-bond donors (Lipinski definition) is 1. The first-order chi connectivity index (χ1) is 13.9. The molecule has 0 unspecified atom stereocenters. The highest BCUT2D eigenvalue weighted by Crippen LogP contribution is 2.67. The van der Waals surface area contributed by atoms with Crippen LogP contribution in [-0.4, -0.2) is 29.3 Å². The Labute approximate surface area is 169 Å². The molecule has 0 atom stereocenters. The Bertz CT molecular complexity index is 1150. The Morgan fingerprint density at radius 3 is 2.38 bits per heavy atom. The van der Waals surface area contributed by atoms with Gasteiger partial charge in [-0.3, -0.25) is 9.78 Å². The van der Waals surface area contributed by atoms with E-state index in [1.807, 2.05) is 24.4 Å². The van der Waals surface area contributed by atoms with Gasteiger partial charge in [0, 0.05) is 42.3 Å². The van der Waals surface area contributed by atoms with Crippen molar-refractivity contribution in [3.05, 3.63) is 52.7 Å². The number of nitrogens with two attached hydrogens (primary N) is 1. The maximum atomic E-state index is 12.5. The van der Waals surface area contributed by atoms with Gasteiger partial charge in [0.1, 0.15) is 11.5 Å². The number of rotatable bonds is 5. The quantitative estimate of drug-likeness (QED) is 0.723. The predicted molar refractivity (Wildman–Crippen MR) is 112 cm³/mol. The Morgan fingerprint density at radius 1 is 1.14 bits per heavy atom. The molecule has 2 heterocycles. The standard InChI is InChI=1S/C23H25N3O3/c1-26-10-18(15-4-5-25-9-17(15)21(26)27)14-6-19(28-2)16(20(7-14)29-3)8-22-11-23(24,12-22)13-22/h4-7,9-10H,8,11-13,24H2,1-3H3. The van der Waals surface area contributed by atoms with E-state index in [2.05, 4.69) is 4.98 Å². The van der Waals surface area contributed by atoms with Crippen molar-refractivity contribution in [2.75, 3.05) is 14.2 Å². The fraction of sp³-hybridized carbons (Fsp3) is 0.391. The molecule has 2 aromatic heterocycles. The van der Waals surface area contributed by atoms with Crippen molar-refractivity contribution in [1.82, 2.24) is 9.55 Å². The van der Waals surface area contributed by atoms with Crippen LogP contribution in [-0.2, 0) is 13.5 Å². The number of nitrogens with zero attached hydrogens (tertiary/aromatic N) is 2. The molecular formula is C23H25N3O3. The molecule has 3 saturated carbocycles. The summed E-state index contributed by atoms with van der Waals surface area (Å²) in [6.45, 7) is 0.